The highest BCUT2D eigenvalue weighted by atomic mass is 32.2. The fourth-order valence-corrected chi connectivity index (χ4v) is 2.60. The molecule has 0 saturated carbocycles. The molecular weight excluding hydrogens is 256 g/mol. The van der Waals surface area contributed by atoms with E-state index in [1.807, 2.05) is 35.0 Å². The molecule has 0 atom stereocenters. The Bertz CT molecular complexity index is 546. The van der Waals surface area contributed by atoms with Crippen LogP contribution >= 0.6 is 11.8 Å². The van der Waals surface area contributed by atoms with Crippen molar-refractivity contribution in [2.75, 3.05) is 5.75 Å². The molecule has 0 aliphatic heterocycles. The Hall–Kier alpha value is -1.55. The topological polar surface area (TPSA) is 34.9 Å². The lowest BCUT2D eigenvalue weighted by Crippen LogP contribution is -2.11. The van der Waals surface area contributed by atoms with E-state index in [2.05, 4.69) is 18.8 Å². The smallest absolute Gasteiger partial charge is 0.228 e. The van der Waals surface area contributed by atoms with Gasteiger partial charge in [0.05, 0.1) is 0 Å². The maximum atomic E-state index is 12.4. The van der Waals surface area contributed by atoms with Crippen molar-refractivity contribution in [1.82, 2.24) is 9.55 Å². The van der Waals surface area contributed by atoms with E-state index in [1.165, 1.54) is 4.90 Å². The van der Waals surface area contributed by atoms with Crippen LogP contribution in [-0.2, 0) is 6.54 Å². The molecule has 1 aromatic carbocycles. The van der Waals surface area contributed by atoms with Crippen molar-refractivity contribution in [3.63, 3.8) is 0 Å². The van der Waals surface area contributed by atoms with E-state index in [4.69, 9.17) is 0 Å². The van der Waals surface area contributed by atoms with Gasteiger partial charge in [-0.05, 0) is 36.4 Å². The summed E-state index contributed by atoms with van der Waals surface area (Å²) in [6.45, 7) is 5.03. The van der Waals surface area contributed by atoms with E-state index in [0.29, 0.717) is 11.4 Å². The van der Waals surface area contributed by atoms with Gasteiger partial charge >= 0.3 is 0 Å². The largest absolute Gasteiger partial charge is 0.328 e. The molecule has 1 aromatic heterocycles. The van der Waals surface area contributed by atoms with Crippen LogP contribution in [0.5, 0.6) is 0 Å². The Labute approximate surface area is 118 Å². The second-order valence-corrected chi connectivity index (χ2v) is 5.57. The van der Waals surface area contributed by atoms with Gasteiger partial charge in [-0.1, -0.05) is 13.8 Å². The molecule has 2 rings (SSSR count). The van der Waals surface area contributed by atoms with E-state index < -0.39 is 0 Å². The summed E-state index contributed by atoms with van der Waals surface area (Å²) in [5, 5.41) is 0. The summed E-state index contributed by atoms with van der Waals surface area (Å²) in [7, 11) is 0. The lowest BCUT2D eigenvalue weighted by atomic mass is 10.1. The molecule has 0 fully saturated rings. The molecule has 0 aliphatic carbocycles. The van der Waals surface area contributed by atoms with Crippen LogP contribution in [0.1, 0.15) is 36.5 Å². The monoisotopic (exact) mass is 274 g/mol. The maximum Gasteiger partial charge on any atom is 0.228 e. The minimum Gasteiger partial charge on any atom is -0.328 e. The lowest BCUT2D eigenvalue weighted by molar-refractivity contribution is 0.102. The molecule has 0 aliphatic rings. The van der Waals surface area contributed by atoms with Gasteiger partial charge in [0.1, 0.15) is 0 Å². The number of carbonyl (C=O) groups is 1. The van der Waals surface area contributed by atoms with Crippen LogP contribution in [0.25, 0.3) is 0 Å². The highest BCUT2D eigenvalue weighted by Crippen LogP contribution is 2.19. The third-order valence-corrected chi connectivity index (χ3v) is 3.70. The van der Waals surface area contributed by atoms with Crippen LogP contribution < -0.4 is 0 Å². The van der Waals surface area contributed by atoms with Crippen molar-refractivity contribution in [3.8, 4) is 0 Å². The highest BCUT2D eigenvalue weighted by molar-refractivity contribution is 7.99. The summed E-state index contributed by atoms with van der Waals surface area (Å²) in [6, 6.07) is 7.75. The molecule has 0 bridgehead atoms. The van der Waals surface area contributed by atoms with Crippen LogP contribution in [0.3, 0.4) is 0 Å². The number of rotatable bonds is 6. The van der Waals surface area contributed by atoms with Gasteiger partial charge in [-0.25, -0.2) is 4.98 Å². The number of nitrogens with zero attached hydrogens (tertiary/aromatic N) is 2. The Morgan fingerprint density at radius 2 is 2.00 bits per heavy atom. The summed E-state index contributed by atoms with van der Waals surface area (Å²) >= 11 is 1.77. The Balaban J connectivity index is 2.21. The summed E-state index contributed by atoms with van der Waals surface area (Å²) in [6.07, 6.45) is 4.53. The van der Waals surface area contributed by atoms with Crippen molar-refractivity contribution in [3.05, 3.63) is 48.0 Å². The van der Waals surface area contributed by atoms with Gasteiger partial charge in [-0.3, -0.25) is 4.79 Å². The molecule has 0 unspecified atom stereocenters. The van der Waals surface area contributed by atoms with Crippen molar-refractivity contribution >= 4 is 17.5 Å². The Morgan fingerprint density at radius 1 is 1.26 bits per heavy atom. The van der Waals surface area contributed by atoms with Gasteiger partial charge in [0.25, 0.3) is 0 Å². The Morgan fingerprint density at radius 3 is 2.63 bits per heavy atom. The summed E-state index contributed by atoms with van der Waals surface area (Å²) in [5.41, 5.74) is 0.698. The van der Waals surface area contributed by atoms with Crippen molar-refractivity contribution in [1.29, 1.82) is 0 Å². The van der Waals surface area contributed by atoms with Crippen LogP contribution in [0.2, 0.25) is 0 Å². The molecule has 1 heterocycles. The van der Waals surface area contributed by atoms with Crippen LogP contribution in [0.4, 0.5) is 0 Å². The second-order valence-electron chi connectivity index (χ2n) is 4.23. The predicted molar refractivity (Wildman–Crippen MR) is 78.8 cm³/mol. The molecule has 2 aromatic rings. The SMILES string of the molecule is CCCn1ccnc1C(=O)c1ccc(SCC)cc1. The molecule has 0 spiro atoms. The van der Waals surface area contributed by atoms with E-state index in [9.17, 15) is 4.79 Å². The van der Waals surface area contributed by atoms with Crippen LogP contribution in [0.15, 0.2) is 41.6 Å². The first kappa shape index (κ1) is 13.9. The number of benzene rings is 1. The lowest BCUT2D eigenvalue weighted by Gasteiger charge is -2.06. The van der Waals surface area contributed by atoms with Crippen molar-refractivity contribution < 1.29 is 4.79 Å². The normalized spacial score (nSPS) is 10.6. The van der Waals surface area contributed by atoms with Crippen molar-refractivity contribution in [2.24, 2.45) is 0 Å². The number of hydrogen-bond acceptors (Lipinski definition) is 3. The van der Waals surface area contributed by atoms with E-state index in [-0.39, 0.29) is 5.78 Å². The summed E-state index contributed by atoms with van der Waals surface area (Å²) < 4.78 is 1.91. The molecule has 100 valence electrons. The summed E-state index contributed by atoms with van der Waals surface area (Å²) in [4.78, 5) is 17.8. The first-order chi connectivity index (χ1) is 9.26. The fourth-order valence-electron chi connectivity index (χ4n) is 1.94. The number of aryl methyl sites for hydroxylation is 1. The molecule has 0 N–H and O–H groups in total. The highest BCUT2D eigenvalue weighted by Gasteiger charge is 2.14. The van der Waals surface area contributed by atoms with Gasteiger partial charge in [-0.15, -0.1) is 11.8 Å². The van der Waals surface area contributed by atoms with E-state index in [0.717, 1.165) is 18.7 Å². The Kier molecular flexibility index (Phi) is 4.80. The fraction of sp³-hybridized carbons (Fsp3) is 0.333. The molecule has 19 heavy (non-hydrogen) atoms. The average molecular weight is 274 g/mol. The van der Waals surface area contributed by atoms with Gasteiger partial charge in [0.15, 0.2) is 5.82 Å². The zero-order valence-electron chi connectivity index (χ0n) is 11.3. The van der Waals surface area contributed by atoms with Crippen LogP contribution in [-0.4, -0.2) is 21.1 Å². The maximum absolute atomic E-state index is 12.4. The third-order valence-electron chi connectivity index (χ3n) is 2.81. The summed E-state index contributed by atoms with van der Waals surface area (Å²) in [5.74, 6) is 1.55. The van der Waals surface area contributed by atoms with Gasteiger partial charge in [-0.2, -0.15) is 0 Å². The number of thioether (sulfide) groups is 1. The van der Waals surface area contributed by atoms with Gasteiger partial charge in [0.2, 0.25) is 5.78 Å². The number of carbonyl (C=O) groups excluding carboxylic acids is 1. The number of hydrogen-bond donors (Lipinski definition) is 0. The number of ketones is 1. The molecule has 0 amide bonds. The third kappa shape index (κ3) is 3.26. The standard InChI is InChI=1S/C15H18N2OS/c1-3-10-17-11-9-16-15(17)14(18)12-5-7-13(8-6-12)19-4-2/h5-9,11H,3-4,10H2,1-2H3. The first-order valence-electron chi connectivity index (χ1n) is 6.55. The molecule has 3 nitrogen and oxygen atoms in total. The second kappa shape index (κ2) is 6.57. The van der Waals surface area contributed by atoms with Gasteiger partial charge < -0.3 is 4.57 Å². The minimum atomic E-state index is -0.00787. The zero-order chi connectivity index (χ0) is 13.7. The molecule has 0 saturated heterocycles. The molecule has 0 radical (unpaired) electrons. The number of imidazole rings is 1. The quantitative estimate of drug-likeness (QED) is 0.596. The number of aromatic nitrogens is 2. The van der Waals surface area contributed by atoms with E-state index >= 15 is 0 Å². The van der Waals surface area contributed by atoms with Crippen LogP contribution in [0, 0.1) is 0 Å². The van der Waals surface area contributed by atoms with Crippen molar-refractivity contribution in [2.45, 2.75) is 31.7 Å². The molecule has 4 heteroatoms. The minimum absolute atomic E-state index is 0.00787. The average Bonchev–Trinajstić information content (AvgIpc) is 2.88. The molecular formula is C15H18N2OS. The predicted octanol–water partition coefficient (Wildman–Crippen LogP) is 3.64. The van der Waals surface area contributed by atoms with E-state index in [1.54, 1.807) is 18.0 Å². The van der Waals surface area contributed by atoms with Gasteiger partial charge in [0, 0.05) is 29.4 Å². The first-order valence-corrected chi connectivity index (χ1v) is 7.53. The zero-order valence-corrected chi connectivity index (χ0v) is 12.1.